The molecule has 0 radical (unpaired) electrons. The fourth-order valence-corrected chi connectivity index (χ4v) is 2.94. The van der Waals surface area contributed by atoms with Crippen molar-refractivity contribution in [1.82, 2.24) is 5.32 Å². The molecule has 1 aliphatic heterocycles. The highest BCUT2D eigenvalue weighted by Crippen LogP contribution is 2.30. The van der Waals surface area contributed by atoms with Crippen LogP contribution in [0.25, 0.3) is 0 Å². The molecule has 1 N–H and O–H groups in total. The summed E-state index contributed by atoms with van der Waals surface area (Å²) in [5.74, 6) is 0. The number of fused-ring (bicyclic) bond motifs is 1. The molecule has 0 amide bonds. The second-order valence-corrected chi connectivity index (χ2v) is 6.01. The van der Waals surface area contributed by atoms with Crippen LogP contribution in [-0.2, 0) is 6.42 Å². The van der Waals surface area contributed by atoms with Crippen LogP contribution < -0.4 is 10.2 Å². The van der Waals surface area contributed by atoms with Crippen LogP contribution in [0.4, 0.5) is 5.69 Å². The Hall–Kier alpha value is -1.53. The van der Waals surface area contributed by atoms with E-state index in [1.165, 1.54) is 24.1 Å². The van der Waals surface area contributed by atoms with Crippen molar-refractivity contribution in [1.29, 1.82) is 5.26 Å². The first-order chi connectivity index (χ1) is 9.59. The lowest BCUT2D eigenvalue weighted by Gasteiger charge is -2.37. The van der Waals surface area contributed by atoms with Crippen LogP contribution in [0.1, 0.15) is 38.7 Å². The zero-order valence-electron chi connectivity index (χ0n) is 12.8. The summed E-state index contributed by atoms with van der Waals surface area (Å²) in [5, 5.41) is 12.3. The van der Waals surface area contributed by atoms with Crippen molar-refractivity contribution in [3.8, 4) is 6.07 Å². The van der Waals surface area contributed by atoms with E-state index < -0.39 is 5.54 Å². The van der Waals surface area contributed by atoms with E-state index in [1.807, 2.05) is 14.0 Å². The summed E-state index contributed by atoms with van der Waals surface area (Å²) in [6, 6.07) is 11.7. The molecule has 0 aliphatic carbocycles. The molecule has 1 heterocycles. The molecule has 3 heteroatoms. The summed E-state index contributed by atoms with van der Waals surface area (Å²) in [6.45, 7) is 5.30. The van der Waals surface area contributed by atoms with Gasteiger partial charge in [-0.15, -0.1) is 0 Å². The van der Waals surface area contributed by atoms with Crippen molar-refractivity contribution in [3.63, 3.8) is 0 Å². The lowest BCUT2D eigenvalue weighted by Crippen LogP contribution is -2.41. The van der Waals surface area contributed by atoms with E-state index in [4.69, 9.17) is 0 Å². The van der Waals surface area contributed by atoms with Crippen LogP contribution in [-0.4, -0.2) is 25.2 Å². The van der Waals surface area contributed by atoms with Crippen LogP contribution in [0.5, 0.6) is 0 Å². The van der Waals surface area contributed by atoms with E-state index in [-0.39, 0.29) is 0 Å². The number of rotatable bonds is 5. The highest BCUT2D eigenvalue weighted by atomic mass is 15.2. The Morgan fingerprint density at radius 3 is 2.90 bits per heavy atom. The number of para-hydroxylation sites is 1. The molecule has 108 valence electrons. The van der Waals surface area contributed by atoms with Crippen LogP contribution >= 0.6 is 0 Å². The molecule has 0 fully saturated rings. The van der Waals surface area contributed by atoms with Crippen molar-refractivity contribution in [2.45, 2.75) is 51.1 Å². The average Bonchev–Trinajstić information content (AvgIpc) is 2.49. The SMILES string of the molecule is CNC(C)(C#N)CCCN1c2ccccc2CCC1C. The molecule has 3 nitrogen and oxygen atoms in total. The Bertz CT molecular complexity index is 491. The van der Waals surface area contributed by atoms with E-state index >= 15 is 0 Å². The minimum atomic E-state index is -0.404. The van der Waals surface area contributed by atoms with Crippen LogP contribution in [0.3, 0.4) is 0 Å². The van der Waals surface area contributed by atoms with Gasteiger partial charge in [-0.3, -0.25) is 0 Å². The minimum absolute atomic E-state index is 0.404. The molecule has 2 atom stereocenters. The average molecular weight is 271 g/mol. The van der Waals surface area contributed by atoms with Gasteiger partial charge in [-0.2, -0.15) is 5.26 Å². The summed E-state index contributed by atoms with van der Waals surface area (Å²) in [7, 11) is 1.86. The Kier molecular flexibility index (Phi) is 4.67. The topological polar surface area (TPSA) is 39.1 Å². The summed E-state index contributed by atoms with van der Waals surface area (Å²) in [5.41, 5.74) is 2.44. The predicted molar refractivity (Wildman–Crippen MR) is 83.9 cm³/mol. The highest BCUT2D eigenvalue weighted by molar-refractivity contribution is 5.56. The van der Waals surface area contributed by atoms with Gasteiger partial charge in [-0.1, -0.05) is 18.2 Å². The first-order valence-electron chi connectivity index (χ1n) is 7.54. The van der Waals surface area contributed by atoms with Crippen LogP contribution in [0.15, 0.2) is 24.3 Å². The summed E-state index contributed by atoms with van der Waals surface area (Å²) in [6.07, 6.45) is 4.31. The molecule has 0 bridgehead atoms. The monoisotopic (exact) mass is 271 g/mol. The van der Waals surface area contributed by atoms with Gasteiger partial charge in [-0.05, 0) is 58.2 Å². The fraction of sp³-hybridized carbons (Fsp3) is 0.588. The highest BCUT2D eigenvalue weighted by Gasteiger charge is 2.24. The number of nitrogens with zero attached hydrogens (tertiary/aromatic N) is 2. The largest absolute Gasteiger partial charge is 0.369 e. The molecule has 0 saturated carbocycles. The number of hydrogen-bond donors (Lipinski definition) is 1. The standard InChI is InChI=1S/C17H25N3/c1-14-9-10-15-7-4-5-8-16(15)20(14)12-6-11-17(2,13-18)19-3/h4-5,7-8,14,19H,6,9-12H2,1-3H3. The summed E-state index contributed by atoms with van der Waals surface area (Å²) < 4.78 is 0. The van der Waals surface area contributed by atoms with E-state index in [0.717, 1.165) is 19.4 Å². The molecule has 0 saturated heterocycles. The van der Waals surface area contributed by atoms with Gasteiger partial charge in [0.05, 0.1) is 6.07 Å². The fourth-order valence-electron chi connectivity index (χ4n) is 2.94. The molecular formula is C17H25N3. The summed E-state index contributed by atoms with van der Waals surface area (Å²) in [4.78, 5) is 2.51. The van der Waals surface area contributed by atoms with Gasteiger partial charge < -0.3 is 10.2 Å². The smallest absolute Gasteiger partial charge is 0.103 e. The molecular weight excluding hydrogens is 246 g/mol. The van der Waals surface area contributed by atoms with Crippen LogP contribution in [0, 0.1) is 11.3 Å². The van der Waals surface area contributed by atoms with Gasteiger partial charge in [0, 0.05) is 18.3 Å². The minimum Gasteiger partial charge on any atom is -0.369 e. The zero-order chi connectivity index (χ0) is 14.6. The second kappa shape index (κ2) is 6.28. The van der Waals surface area contributed by atoms with Gasteiger partial charge in [0.2, 0.25) is 0 Å². The van der Waals surface area contributed by atoms with E-state index in [0.29, 0.717) is 6.04 Å². The lowest BCUT2D eigenvalue weighted by molar-refractivity contribution is 0.432. The van der Waals surface area contributed by atoms with Crippen LogP contribution in [0.2, 0.25) is 0 Å². The van der Waals surface area contributed by atoms with E-state index in [9.17, 15) is 5.26 Å². The molecule has 0 aromatic heterocycles. The van der Waals surface area contributed by atoms with Crippen molar-refractivity contribution in [2.24, 2.45) is 0 Å². The Labute approximate surface area is 122 Å². The van der Waals surface area contributed by atoms with Crippen molar-refractivity contribution < 1.29 is 0 Å². The zero-order valence-corrected chi connectivity index (χ0v) is 12.8. The maximum atomic E-state index is 9.21. The molecule has 2 rings (SSSR count). The molecule has 1 aromatic carbocycles. The molecule has 1 aromatic rings. The number of aryl methyl sites for hydroxylation is 1. The van der Waals surface area contributed by atoms with E-state index in [2.05, 4.69) is 47.5 Å². The van der Waals surface area contributed by atoms with Gasteiger partial charge in [0.15, 0.2) is 0 Å². The number of nitrogens with one attached hydrogen (secondary N) is 1. The Morgan fingerprint density at radius 1 is 1.45 bits per heavy atom. The van der Waals surface area contributed by atoms with Gasteiger partial charge >= 0.3 is 0 Å². The lowest BCUT2D eigenvalue weighted by atomic mass is 9.94. The van der Waals surface area contributed by atoms with Crippen molar-refractivity contribution >= 4 is 5.69 Å². The van der Waals surface area contributed by atoms with Gasteiger partial charge in [0.25, 0.3) is 0 Å². The molecule has 0 spiro atoms. The van der Waals surface area contributed by atoms with Gasteiger partial charge in [0.1, 0.15) is 5.54 Å². The third kappa shape index (κ3) is 3.13. The number of nitriles is 1. The first-order valence-corrected chi connectivity index (χ1v) is 7.54. The van der Waals surface area contributed by atoms with Crippen molar-refractivity contribution in [3.05, 3.63) is 29.8 Å². The number of hydrogen-bond acceptors (Lipinski definition) is 3. The van der Waals surface area contributed by atoms with E-state index in [1.54, 1.807) is 0 Å². The van der Waals surface area contributed by atoms with Crippen molar-refractivity contribution in [2.75, 3.05) is 18.5 Å². The quantitative estimate of drug-likeness (QED) is 0.894. The molecule has 20 heavy (non-hydrogen) atoms. The normalized spacial score (nSPS) is 20.9. The molecule has 1 aliphatic rings. The Balaban J connectivity index is 2.01. The molecule has 2 unspecified atom stereocenters. The maximum Gasteiger partial charge on any atom is 0.103 e. The third-order valence-electron chi connectivity index (χ3n) is 4.54. The first kappa shape index (κ1) is 14.9. The second-order valence-electron chi connectivity index (χ2n) is 6.01. The third-order valence-corrected chi connectivity index (χ3v) is 4.54. The number of anilines is 1. The van der Waals surface area contributed by atoms with Gasteiger partial charge in [-0.25, -0.2) is 0 Å². The number of benzene rings is 1. The Morgan fingerprint density at radius 2 is 2.20 bits per heavy atom. The predicted octanol–water partition coefficient (Wildman–Crippen LogP) is 3.11. The maximum absolute atomic E-state index is 9.21. The summed E-state index contributed by atoms with van der Waals surface area (Å²) >= 11 is 0.